The summed E-state index contributed by atoms with van der Waals surface area (Å²) in [6.07, 6.45) is 0. The lowest BCUT2D eigenvalue weighted by atomic mass is 9.95. The second kappa shape index (κ2) is 6.52. The van der Waals surface area contributed by atoms with Gasteiger partial charge in [-0.2, -0.15) is 0 Å². The van der Waals surface area contributed by atoms with Gasteiger partial charge in [-0.15, -0.1) is 0 Å². The van der Waals surface area contributed by atoms with Gasteiger partial charge < -0.3 is 14.5 Å². The topological polar surface area (TPSA) is 64.4 Å². The number of benzene rings is 2. The number of fused-ring (bicyclic) bond motifs is 1. The number of anilines is 1. The number of rotatable bonds is 3. The molecule has 1 N–H and O–H groups in total. The van der Waals surface area contributed by atoms with Gasteiger partial charge in [-0.05, 0) is 52.3 Å². The van der Waals surface area contributed by atoms with Gasteiger partial charge >= 0.3 is 0 Å². The number of carbonyl (C=O) groups is 1. The van der Waals surface area contributed by atoms with Crippen molar-refractivity contribution < 1.29 is 13.9 Å². The quantitative estimate of drug-likeness (QED) is 0.649. The molecular formula is C19H19BrN2O3. The molecule has 3 rings (SSSR count). The van der Waals surface area contributed by atoms with Gasteiger partial charge in [-0.3, -0.25) is 4.79 Å². The van der Waals surface area contributed by atoms with Crippen LogP contribution in [0.2, 0.25) is 0 Å². The van der Waals surface area contributed by atoms with E-state index in [1.165, 1.54) is 0 Å². The SMILES string of the molecule is COc1ccc(-c2nc3cc(NC(=O)C(C)(C)C)ccc3o2)cc1Br. The maximum Gasteiger partial charge on any atom is 0.229 e. The summed E-state index contributed by atoms with van der Waals surface area (Å²) in [6, 6.07) is 11.1. The van der Waals surface area contributed by atoms with Crippen molar-refractivity contribution in [3.05, 3.63) is 40.9 Å². The minimum absolute atomic E-state index is 0.0466. The molecule has 0 aliphatic carbocycles. The average molecular weight is 403 g/mol. The molecule has 5 nitrogen and oxygen atoms in total. The number of hydrogen-bond donors (Lipinski definition) is 1. The molecule has 25 heavy (non-hydrogen) atoms. The third kappa shape index (κ3) is 3.69. The molecule has 130 valence electrons. The minimum Gasteiger partial charge on any atom is -0.496 e. The Morgan fingerprint density at radius 2 is 1.96 bits per heavy atom. The summed E-state index contributed by atoms with van der Waals surface area (Å²) in [5, 5.41) is 2.90. The minimum atomic E-state index is -0.459. The summed E-state index contributed by atoms with van der Waals surface area (Å²) in [4.78, 5) is 16.7. The molecule has 0 radical (unpaired) electrons. The molecule has 1 amide bonds. The second-order valence-electron chi connectivity index (χ2n) is 6.75. The number of ether oxygens (including phenoxy) is 1. The summed E-state index contributed by atoms with van der Waals surface area (Å²) in [6.45, 7) is 5.61. The van der Waals surface area contributed by atoms with Crippen LogP contribution in [0, 0.1) is 5.41 Å². The molecule has 1 heterocycles. The molecule has 0 unspecified atom stereocenters. The predicted octanol–water partition coefficient (Wildman–Crippen LogP) is 5.25. The third-order valence-corrected chi connectivity index (χ3v) is 4.35. The lowest BCUT2D eigenvalue weighted by Crippen LogP contribution is -2.27. The van der Waals surface area contributed by atoms with E-state index in [1.54, 1.807) is 7.11 Å². The Balaban J connectivity index is 1.93. The number of amides is 1. The molecule has 0 saturated heterocycles. The smallest absolute Gasteiger partial charge is 0.229 e. The van der Waals surface area contributed by atoms with E-state index in [9.17, 15) is 4.79 Å². The molecule has 0 spiro atoms. The van der Waals surface area contributed by atoms with Crippen LogP contribution in [0.4, 0.5) is 5.69 Å². The van der Waals surface area contributed by atoms with Crippen molar-refractivity contribution in [2.75, 3.05) is 12.4 Å². The van der Waals surface area contributed by atoms with E-state index >= 15 is 0 Å². The van der Waals surface area contributed by atoms with Gasteiger partial charge in [-0.25, -0.2) is 4.98 Å². The maximum atomic E-state index is 12.1. The average Bonchev–Trinajstić information content (AvgIpc) is 2.97. The van der Waals surface area contributed by atoms with E-state index in [-0.39, 0.29) is 5.91 Å². The summed E-state index contributed by atoms with van der Waals surface area (Å²) in [5.74, 6) is 1.21. The van der Waals surface area contributed by atoms with E-state index in [1.807, 2.05) is 57.2 Å². The number of carbonyl (C=O) groups excluding carboxylic acids is 1. The Morgan fingerprint density at radius 3 is 2.60 bits per heavy atom. The van der Waals surface area contributed by atoms with Crippen molar-refractivity contribution in [1.82, 2.24) is 4.98 Å². The molecule has 0 aliphatic rings. The van der Waals surface area contributed by atoms with E-state index in [0.29, 0.717) is 22.7 Å². The molecule has 2 aromatic carbocycles. The van der Waals surface area contributed by atoms with Crippen LogP contribution in [0.25, 0.3) is 22.6 Å². The zero-order valence-electron chi connectivity index (χ0n) is 14.5. The first-order valence-electron chi connectivity index (χ1n) is 7.84. The monoisotopic (exact) mass is 402 g/mol. The van der Waals surface area contributed by atoms with Crippen molar-refractivity contribution in [3.63, 3.8) is 0 Å². The highest BCUT2D eigenvalue weighted by Crippen LogP contribution is 2.32. The van der Waals surface area contributed by atoms with Crippen molar-refractivity contribution in [2.45, 2.75) is 20.8 Å². The lowest BCUT2D eigenvalue weighted by Gasteiger charge is -2.17. The van der Waals surface area contributed by atoms with Gasteiger partial charge in [0.25, 0.3) is 0 Å². The Labute approximate surface area is 154 Å². The summed E-state index contributed by atoms with van der Waals surface area (Å²) in [5.41, 5.74) is 2.43. The number of nitrogens with zero attached hydrogens (tertiary/aromatic N) is 1. The van der Waals surface area contributed by atoms with E-state index < -0.39 is 5.41 Å². The molecule has 0 saturated carbocycles. The molecule has 0 fully saturated rings. The lowest BCUT2D eigenvalue weighted by molar-refractivity contribution is -0.123. The van der Waals surface area contributed by atoms with Gasteiger partial charge in [0, 0.05) is 16.7 Å². The van der Waals surface area contributed by atoms with Crippen LogP contribution in [0.15, 0.2) is 45.3 Å². The Hall–Kier alpha value is -2.34. The largest absolute Gasteiger partial charge is 0.496 e. The van der Waals surface area contributed by atoms with E-state index in [0.717, 1.165) is 15.8 Å². The first kappa shape index (κ1) is 17.5. The van der Waals surface area contributed by atoms with Gasteiger partial charge in [0.15, 0.2) is 5.58 Å². The second-order valence-corrected chi connectivity index (χ2v) is 7.61. The molecule has 0 aliphatic heterocycles. The fraction of sp³-hybridized carbons (Fsp3) is 0.263. The highest BCUT2D eigenvalue weighted by Gasteiger charge is 2.21. The van der Waals surface area contributed by atoms with Crippen LogP contribution >= 0.6 is 15.9 Å². The van der Waals surface area contributed by atoms with Crippen molar-refractivity contribution in [2.24, 2.45) is 5.41 Å². The Kier molecular flexibility index (Phi) is 4.56. The highest BCUT2D eigenvalue weighted by molar-refractivity contribution is 9.10. The zero-order chi connectivity index (χ0) is 18.2. The van der Waals surface area contributed by atoms with Gasteiger partial charge in [0.1, 0.15) is 11.3 Å². The number of aromatic nitrogens is 1. The molecule has 3 aromatic rings. The number of halogens is 1. The summed E-state index contributed by atoms with van der Waals surface area (Å²) in [7, 11) is 1.62. The van der Waals surface area contributed by atoms with Crippen molar-refractivity contribution in [3.8, 4) is 17.2 Å². The van der Waals surface area contributed by atoms with Crippen molar-refractivity contribution in [1.29, 1.82) is 0 Å². The maximum absolute atomic E-state index is 12.1. The molecule has 0 atom stereocenters. The number of hydrogen-bond acceptors (Lipinski definition) is 4. The van der Waals surface area contributed by atoms with Crippen LogP contribution in [0.1, 0.15) is 20.8 Å². The molecule has 1 aromatic heterocycles. The van der Waals surface area contributed by atoms with E-state index in [4.69, 9.17) is 9.15 Å². The fourth-order valence-corrected chi connectivity index (χ4v) is 2.79. The zero-order valence-corrected chi connectivity index (χ0v) is 16.1. The third-order valence-electron chi connectivity index (χ3n) is 3.73. The van der Waals surface area contributed by atoms with Gasteiger partial charge in [-0.1, -0.05) is 20.8 Å². The number of nitrogens with one attached hydrogen (secondary N) is 1. The Morgan fingerprint density at radius 1 is 1.20 bits per heavy atom. The molecular weight excluding hydrogens is 384 g/mol. The van der Waals surface area contributed by atoms with Gasteiger partial charge in [0.05, 0.1) is 11.6 Å². The van der Waals surface area contributed by atoms with Crippen LogP contribution in [-0.2, 0) is 4.79 Å². The fourth-order valence-electron chi connectivity index (χ4n) is 2.25. The predicted molar refractivity (Wildman–Crippen MR) is 102 cm³/mol. The summed E-state index contributed by atoms with van der Waals surface area (Å²) >= 11 is 3.46. The molecule has 0 bridgehead atoms. The van der Waals surface area contributed by atoms with E-state index in [2.05, 4.69) is 26.2 Å². The van der Waals surface area contributed by atoms with Crippen LogP contribution in [-0.4, -0.2) is 18.0 Å². The van der Waals surface area contributed by atoms with Gasteiger partial charge in [0.2, 0.25) is 11.8 Å². The van der Waals surface area contributed by atoms with Crippen LogP contribution < -0.4 is 10.1 Å². The van der Waals surface area contributed by atoms with Crippen LogP contribution in [0.3, 0.4) is 0 Å². The normalized spacial score (nSPS) is 11.6. The number of methoxy groups -OCH3 is 1. The first-order valence-corrected chi connectivity index (χ1v) is 8.63. The molecule has 6 heteroatoms. The highest BCUT2D eigenvalue weighted by atomic mass is 79.9. The first-order chi connectivity index (χ1) is 11.8. The number of oxazole rings is 1. The Bertz CT molecular complexity index is 941. The van der Waals surface area contributed by atoms with Crippen LogP contribution in [0.5, 0.6) is 5.75 Å². The van der Waals surface area contributed by atoms with Crippen molar-refractivity contribution >= 4 is 38.6 Å². The summed E-state index contributed by atoms with van der Waals surface area (Å²) < 4.78 is 11.9. The standard InChI is InChI=1S/C19H19BrN2O3/c1-19(2,3)18(23)21-12-6-8-16-14(10-12)22-17(25-16)11-5-7-15(24-4)13(20)9-11/h5-10H,1-4H3,(H,21,23).